The van der Waals surface area contributed by atoms with Gasteiger partial charge in [0.1, 0.15) is 5.56 Å². The van der Waals surface area contributed by atoms with Crippen molar-refractivity contribution in [3.63, 3.8) is 0 Å². The molecule has 0 unspecified atom stereocenters. The molecular formula is C22H26F3N7O2S2. The fraction of sp³-hybridized carbons (Fsp3) is 0.545. The van der Waals surface area contributed by atoms with Gasteiger partial charge in [-0.1, -0.05) is 22.7 Å². The summed E-state index contributed by atoms with van der Waals surface area (Å²) in [6, 6.07) is 1.64. The van der Waals surface area contributed by atoms with Crippen LogP contribution in [-0.2, 0) is 15.8 Å². The molecule has 9 nitrogen and oxygen atoms in total. The van der Waals surface area contributed by atoms with E-state index in [2.05, 4.69) is 25.5 Å². The molecule has 2 saturated heterocycles. The van der Waals surface area contributed by atoms with Crippen molar-refractivity contribution in [2.24, 2.45) is 0 Å². The number of nitrogens with zero attached hydrogens (tertiary/aromatic N) is 5. The lowest BCUT2D eigenvalue weighted by atomic mass is 10.1. The van der Waals surface area contributed by atoms with Crippen LogP contribution < -0.4 is 10.6 Å². The van der Waals surface area contributed by atoms with Gasteiger partial charge in [-0.25, -0.2) is 9.97 Å². The highest BCUT2D eigenvalue weighted by atomic mass is 32.1. The van der Waals surface area contributed by atoms with Gasteiger partial charge >= 0.3 is 6.18 Å². The van der Waals surface area contributed by atoms with E-state index in [-0.39, 0.29) is 46.2 Å². The molecule has 0 saturated carbocycles. The maximum atomic E-state index is 14.1. The number of aromatic nitrogens is 2. The van der Waals surface area contributed by atoms with Crippen molar-refractivity contribution in [2.75, 3.05) is 70.0 Å². The van der Waals surface area contributed by atoms with Crippen LogP contribution in [0.2, 0.25) is 0 Å². The van der Waals surface area contributed by atoms with E-state index >= 15 is 0 Å². The number of amides is 2. The zero-order chi connectivity index (χ0) is 25.4. The number of likely N-dealkylation sites (N-methyl/N-ethyl adjacent to an activating group) is 1. The number of benzene rings is 1. The largest absolute Gasteiger partial charge is 0.420 e. The van der Waals surface area contributed by atoms with Crippen LogP contribution >= 0.6 is 22.7 Å². The minimum Gasteiger partial charge on any atom is -0.352 e. The second-order valence-corrected chi connectivity index (χ2v) is 11.0. The number of nitrogens with one attached hydrogen (secondary N) is 2. The zero-order valence-corrected chi connectivity index (χ0v) is 21.3. The van der Waals surface area contributed by atoms with Gasteiger partial charge in [-0.2, -0.15) is 13.2 Å². The summed E-state index contributed by atoms with van der Waals surface area (Å²) in [5.74, 6) is -0.201. The van der Waals surface area contributed by atoms with Gasteiger partial charge in [-0.05, 0) is 26.0 Å². The second kappa shape index (κ2) is 9.98. The Hall–Kier alpha value is -2.71. The highest BCUT2D eigenvalue weighted by molar-refractivity contribution is 7.24. The minimum atomic E-state index is -4.67. The van der Waals surface area contributed by atoms with Crippen LogP contribution in [0.3, 0.4) is 0 Å². The Bertz CT molecular complexity index is 1280. The molecule has 194 valence electrons. The van der Waals surface area contributed by atoms with Gasteiger partial charge in [0.25, 0.3) is 0 Å². The summed E-state index contributed by atoms with van der Waals surface area (Å²) in [7, 11) is 1.99. The van der Waals surface area contributed by atoms with Crippen LogP contribution in [0.1, 0.15) is 18.4 Å². The van der Waals surface area contributed by atoms with E-state index in [1.165, 1.54) is 0 Å². The maximum absolute atomic E-state index is 14.1. The van der Waals surface area contributed by atoms with Crippen LogP contribution in [-0.4, -0.2) is 95.9 Å². The summed E-state index contributed by atoms with van der Waals surface area (Å²) in [5.41, 5.74) is -1.29. The molecule has 0 aliphatic carbocycles. The smallest absolute Gasteiger partial charge is 0.352 e. The van der Waals surface area contributed by atoms with Crippen molar-refractivity contribution in [2.45, 2.75) is 19.0 Å². The summed E-state index contributed by atoms with van der Waals surface area (Å²) in [6.07, 6.45) is -2.74. The van der Waals surface area contributed by atoms with Crippen molar-refractivity contribution >= 4 is 65.2 Å². The number of hydrogen-bond donors (Lipinski definition) is 2. The molecule has 2 aromatic heterocycles. The topological polar surface area (TPSA) is 93.7 Å². The molecule has 0 spiro atoms. The predicted octanol–water partition coefficient (Wildman–Crippen LogP) is 3.15. The number of fused-ring (bicyclic) bond motifs is 2. The molecule has 2 aliphatic rings. The van der Waals surface area contributed by atoms with E-state index in [1.54, 1.807) is 15.9 Å². The molecule has 4 heterocycles. The first-order valence-electron chi connectivity index (χ1n) is 11.7. The quantitative estimate of drug-likeness (QED) is 0.495. The Kier molecular flexibility index (Phi) is 6.92. The molecule has 2 aliphatic heterocycles. The number of thiazole rings is 2. The monoisotopic (exact) mass is 541 g/mol. The molecule has 1 aromatic carbocycles. The molecule has 2 amide bonds. The molecule has 3 aromatic rings. The summed E-state index contributed by atoms with van der Waals surface area (Å²) < 4.78 is 43.1. The van der Waals surface area contributed by atoms with Crippen LogP contribution in [0.15, 0.2) is 6.07 Å². The Morgan fingerprint density at radius 1 is 0.861 bits per heavy atom. The third kappa shape index (κ3) is 5.20. The van der Waals surface area contributed by atoms with Crippen molar-refractivity contribution < 1.29 is 22.8 Å². The van der Waals surface area contributed by atoms with Crippen LogP contribution in [0.5, 0.6) is 0 Å². The van der Waals surface area contributed by atoms with Gasteiger partial charge < -0.3 is 25.3 Å². The number of anilines is 2. The summed E-state index contributed by atoms with van der Waals surface area (Å²) in [6.45, 7) is 4.19. The molecular weight excluding hydrogens is 515 g/mol. The summed E-state index contributed by atoms with van der Waals surface area (Å²) in [5, 5.41) is 6.31. The third-order valence-electron chi connectivity index (χ3n) is 6.42. The highest BCUT2D eigenvalue weighted by Gasteiger charge is 2.38. The van der Waals surface area contributed by atoms with E-state index in [4.69, 9.17) is 0 Å². The first kappa shape index (κ1) is 25.0. The Morgan fingerprint density at radius 3 is 1.81 bits per heavy atom. The lowest BCUT2D eigenvalue weighted by Gasteiger charge is -2.32. The lowest BCUT2D eigenvalue weighted by molar-refractivity contribution is -0.135. The van der Waals surface area contributed by atoms with Crippen molar-refractivity contribution in [1.29, 1.82) is 0 Å². The summed E-state index contributed by atoms with van der Waals surface area (Å²) >= 11 is 2.15. The second-order valence-electron chi connectivity index (χ2n) is 8.96. The van der Waals surface area contributed by atoms with E-state index < -0.39 is 11.7 Å². The minimum absolute atomic E-state index is 0.0107. The maximum Gasteiger partial charge on any atom is 0.420 e. The number of halogens is 3. The van der Waals surface area contributed by atoms with Gasteiger partial charge in [0.15, 0.2) is 10.3 Å². The fourth-order valence-electron chi connectivity index (χ4n) is 4.42. The first-order chi connectivity index (χ1) is 17.2. The van der Waals surface area contributed by atoms with Crippen molar-refractivity contribution in [3.05, 3.63) is 11.6 Å². The number of carbonyl (C=O) groups is 2. The highest BCUT2D eigenvalue weighted by Crippen LogP contribution is 2.44. The van der Waals surface area contributed by atoms with Crippen LogP contribution in [0, 0.1) is 0 Å². The molecule has 0 bridgehead atoms. The van der Waals surface area contributed by atoms with Crippen molar-refractivity contribution in [3.8, 4) is 0 Å². The standard InChI is InChI=1S/C22H26F3N7O2S2/c1-30-6-8-32(9-7-30)16(34)12-27-21-29-19-14(36-21)10-13-18(17(19)22(23,24)25)28-20(35-13)26-11-15(33)31-4-2-3-5-31/h10H,2-9,11-12H2,1H3,(H,26,28)(H,27,29). The zero-order valence-electron chi connectivity index (χ0n) is 19.7. The van der Waals surface area contributed by atoms with Crippen LogP contribution in [0.4, 0.5) is 23.4 Å². The number of piperazine rings is 1. The predicted molar refractivity (Wildman–Crippen MR) is 135 cm³/mol. The molecule has 2 N–H and O–H groups in total. The van der Waals surface area contributed by atoms with Gasteiger partial charge in [-0.3, -0.25) is 9.59 Å². The Labute approximate surface area is 213 Å². The summed E-state index contributed by atoms with van der Waals surface area (Å²) in [4.78, 5) is 38.8. The number of hydrogen-bond acceptors (Lipinski definition) is 9. The molecule has 5 rings (SSSR count). The number of rotatable bonds is 6. The van der Waals surface area contributed by atoms with Gasteiger partial charge in [0, 0.05) is 39.3 Å². The van der Waals surface area contributed by atoms with Gasteiger partial charge in [0.05, 0.1) is 33.5 Å². The van der Waals surface area contributed by atoms with Gasteiger partial charge in [0.2, 0.25) is 11.8 Å². The van der Waals surface area contributed by atoms with E-state index in [1.807, 2.05) is 7.05 Å². The Balaban J connectivity index is 1.35. The first-order valence-corrected chi connectivity index (χ1v) is 13.4. The number of likely N-dealkylation sites (tertiary alicyclic amines) is 1. The number of carbonyl (C=O) groups excluding carboxylic acids is 2. The average molecular weight is 542 g/mol. The molecule has 2 fully saturated rings. The molecule has 14 heteroatoms. The van der Waals surface area contributed by atoms with Crippen LogP contribution in [0.25, 0.3) is 20.4 Å². The SMILES string of the molecule is CN1CCN(C(=O)CNc2nc3c(C(F)(F)F)c4nc(NCC(=O)N5CCCC5)sc4cc3s2)CC1. The average Bonchev–Trinajstić information content (AvgIpc) is 3.58. The molecule has 0 atom stereocenters. The molecule has 0 radical (unpaired) electrons. The third-order valence-corrected chi connectivity index (χ3v) is 8.34. The Morgan fingerprint density at radius 2 is 1.33 bits per heavy atom. The van der Waals surface area contributed by atoms with E-state index in [0.29, 0.717) is 35.6 Å². The fourth-order valence-corrected chi connectivity index (χ4v) is 6.31. The van der Waals surface area contributed by atoms with E-state index in [9.17, 15) is 22.8 Å². The lowest BCUT2D eigenvalue weighted by Crippen LogP contribution is -2.48. The van der Waals surface area contributed by atoms with Gasteiger partial charge in [-0.15, -0.1) is 0 Å². The number of alkyl halides is 3. The van der Waals surface area contributed by atoms with Crippen molar-refractivity contribution in [1.82, 2.24) is 24.7 Å². The van der Waals surface area contributed by atoms with E-state index in [0.717, 1.165) is 48.6 Å². The molecule has 36 heavy (non-hydrogen) atoms. The normalized spacial score (nSPS) is 17.3.